The van der Waals surface area contributed by atoms with Crippen LogP contribution in [0.1, 0.15) is 10.4 Å². The molecule has 98 valence electrons. The molecule has 0 aliphatic heterocycles. The Balaban J connectivity index is 2.25. The van der Waals surface area contributed by atoms with E-state index in [1.54, 1.807) is 12.1 Å². The van der Waals surface area contributed by atoms with E-state index in [0.29, 0.717) is 20.5 Å². The number of benzene rings is 1. The molecule has 0 saturated heterocycles. The van der Waals surface area contributed by atoms with Crippen LogP contribution in [0.15, 0.2) is 39.4 Å². The minimum Gasteiger partial charge on any atom is -0.507 e. The number of rotatable bonds is 2. The van der Waals surface area contributed by atoms with Crippen LogP contribution in [0.5, 0.6) is 5.75 Å². The van der Waals surface area contributed by atoms with Crippen LogP contribution in [0.25, 0.3) is 0 Å². The lowest BCUT2D eigenvalue weighted by Crippen LogP contribution is -2.13. The molecule has 1 heterocycles. The lowest BCUT2D eigenvalue weighted by atomic mass is 10.2. The number of hydrogen-bond donors (Lipinski definition) is 3. The van der Waals surface area contributed by atoms with Gasteiger partial charge in [-0.2, -0.15) is 0 Å². The van der Waals surface area contributed by atoms with Crippen molar-refractivity contribution in [1.29, 1.82) is 0 Å². The maximum Gasteiger partial charge on any atom is 0.260 e. The van der Waals surface area contributed by atoms with E-state index in [1.807, 2.05) is 0 Å². The van der Waals surface area contributed by atoms with Gasteiger partial charge < -0.3 is 16.2 Å². The van der Waals surface area contributed by atoms with Crippen molar-refractivity contribution in [3.05, 3.63) is 45.0 Å². The van der Waals surface area contributed by atoms with Gasteiger partial charge in [0, 0.05) is 4.47 Å². The van der Waals surface area contributed by atoms with Crippen LogP contribution in [-0.2, 0) is 0 Å². The van der Waals surface area contributed by atoms with Crippen LogP contribution >= 0.6 is 31.9 Å². The Bertz CT molecular complexity index is 647. The van der Waals surface area contributed by atoms with Crippen molar-refractivity contribution >= 4 is 49.3 Å². The highest BCUT2D eigenvalue weighted by atomic mass is 79.9. The molecular formula is C12H9Br2N3O2. The number of carbonyl (C=O) groups is 1. The molecule has 0 radical (unpaired) electrons. The molecule has 0 saturated carbocycles. The number of amides is 1. The van der Waals surface area contributed by atoms with Gasteiger partial charge in [-0.1, -0.05) is 15.9 Å². The third-order valence-electron chi connectivity index (χ3n) is 2.30. The smallest absolute Gasteiger partial charge is 0.260 e. The summed E-state index contributed by atoms with van der Waals surface area (Å²) in [6, 6.07) is 6.25. The van der Waals surface area contributed by atoms with Crippen molar-refractivity contribution in [3.63, 3.8) is 0 Å². The third kappa shape index (κ3) is 3.24. The van der Waals surface area contributed by atoms with Crippen LogP contribution < -0.4 is 11.1 Å². The summed E-state index contributed by atoms with van der Waals surface area (Å²) in [5.41, 5.74) is 6.20. The zero-order valence-electron chi connectivity index (χ0n) is 9.52. The second kappa shape index (κ2) is 5.58. The number of nitrogens with zero attached hydrogens (tertiary/aromatic N) is 1. The number of phenols is 1. The number of nitrogens with two attached hydrogens (primary N) is 1. The molecule has 2 rings (SSSR count). The summed E-state index contributed by atoms with van der Waals surface area (Å²) in [5, 5.41) is 12.3. The van der Waals surface area contributed by atoms with Gasteiger partial charge in [-0.25, -0.2) is 4.98 Å². The Morgan fingerprint density at radius 2 is 2.05 bits per heavy atom. The van der Waals surface area contributed by atoms with Crippen LogP contribution in [0, 0.1) is 0 Å². The second-order valence-corrected chi connectivity index (χ2v) is 5.48. The predicted molar refractivity (Wildman–Crippen MR) is 80.1 cm³/mol. The molecular weight excluding hydrogens is 378 g/mol. The molecule has 4 N–H and O–H groups in total. The monoisotopic (exact) mass is 385 g/mol. The summed E-state index contributed by atoms with van der Waals surface area (Å²) in [6.07, 6.45) is 1.43. The van der Waals surface area contributed by atoms with E-state index in [1.165, 1.54) is 18.3 Å². The standard InChI is InChI=1S/C12H9Br2N3O2/c13-6-1-2-8(10(18)3-6)12(19)17-11-9(14)4-7(15)5-16-11/h1-5,18H,15H2,(H,16,17,19). The third-order valence-corrected chi connectivity index (χ3v) is 3.40. The maximum atomic E-state index is 12.0. The fourth-order valence-electron chi connectivity index (χ4n) is 1.42. The lowest BCUT2D eigenvalue weighted by molar-refractivity contribution is 0.102. The van der Waals surface area contributed by atoms with E-state index in [2.05, 4.69) is 42.2 Å². The summed E-state index contributed by atoms with van der Waals surface area (Å²) in [7, 11) is 0. The number of aromatic nitrogens is 1. The Hall–Kier alpha value is -1.60. The van der Waals surface area contributed by atoms with Gasteiger partial charge in [0.15, 0.2) is 0 Å². The molecule has 5 nitrogen and oxygen atoms in total. The van der Waals surface area contributed by atoms with Crippen LogP contribution in [0.2, 0.25) is 0 Å². The minimum absolute atomic E-state index is 0.113. The fraction of sp³-hybridized carbons (Fsp3) is 0. The van der Waals surface area contributed by atoms with E-state index in [9.17, 15) is 9.90 Å². The molecule has 0 aliphatic rings. The largest absolute Gasteiger partial charge is 0.507 e. The van der Waals surface area contributed by atoms with E-state index >= 15 is 0 Å². The van der Waals surface area contributed by atoms with Crippen LogP contribution in [0.4, 0.5) is 11.5 Å². The average molecular weight is 387 g/mol. The van der Waals surface area contributed by atoms with E-state index in [4.69, 9.17) is 5.73 Å². The van der Waals surface area contributed by atoms with Gasteiger partial charge in [0.2, 0.25) is 0 Å². The van der Waals surface area contributed by atoms with Gasteiger partial charge in [0.05, 0.1) is 21.9 Å². The van der Waals surface area contributed by atoms with Crippen molar-refractivity contribution in [2.75, 3.05) is 11.1 Å². The summed E-state index contributed by atoms with van der Waals surface area (Å²) in [6.45, 7) is 0. The van der Waals surface area contributed by atoms with E-state index in [-0.39, 0.29) is 11.3 Å². The molecule has 7 heteroatoms. The topological polar surface area (TPSA) is 88.2 Å². The molecule has 0 atom stereocenters. The minimum atomic E-state index is -0.456. The first-order chi connectivity index (χ1) is 8.97. The van der Waals surface area contributed by atoms with Crippen molar-refractivity contribution in [2.24, 2.45) is 0 Å². The number of hydrogen-bond acceptors (Lipinski definition) is 4. The van der Waals surface area contributed by atoms with Gasteiger partial charge in [-0.15, -0.1) is 0 Å². The van der Waals surface area contributed by atoms with E-state index in [0.717, 1.165) is 0 Å². The fourth-order valence-corrected chi connectivity index (χ4v) is 2.23. The van der Waals surface area contributed by atoms with Gasteiger partial charge in [0.25, 0.3) is 5.91 Å². The molecule has 1 aromatic heterocycles. The van der Waals surface area contributed by atoms with Crippen molar-refractivity contribution in [2.45, 2.75) is 0 Å². The van der Waals surface area contributed by atoms with Crippen molar-refractivity contribution < 1.29 is 9.90 Å². The summed E-state index contributed by atoms with van der Waals surface area (Å²) >= 11 is 6.46. The molecule has 2 aromatic rings. The molecule has 0 aliphatic carbocycles. The number of carbonyl (C=O) groups excluding carboxylic acids is 1. The lowest BCUT2D eigenvalue weighted by Gasteiger charge is -2.08. The van der Waals surface area contributed by atoms with Crippen molar-refractivity contribution in [1.82, 2.24) is 4.98 Å². The molecule has 0 bridgehead atoms. The number of anilines is 2. The quantitative estimate of drug-likeness (QED) is 0.739. The summed E-state index contributed by atoms with van der Waals surface area (Å²) in [5.74, 6) is -0.233. The highest BCUT2D eigenvalue weighted by molar-refractivity contribution is 9.10. The number of nitrogens with one attached hydrogen (secondary N) is 1. The average Bonchev–Trinajstić information content (AvgIpc) is 2.32. The number of aromatic hydroxyl groups is 1. The number of phenolic OH excluding ortho intramolecular Hbond substituents is 1. The first-order valence-corrected chi connectivity index (χ1v) is 6.77. The van der Waals surface area contributed by atoms with Crippen LogP contribution in [0.3, 0.4) is 0 Å². The summed E-state index contributed by atoms with van der Waals surface area (Å²) < 4.78 is 1.26. The van der Waals surface area contributed by atoms with Gasteiger partial charge in [-0.05, 0) is 40.2 Å². The molecule has 1 amide bonds. The Morgan fingerprint density at radius 1 is 1.32 bits per heavy atom. The molecule has 19 heavy (non-hydrogen) atoms. The van der Waals surface area contributed by atoms with Crippen molar-refractivity contribution in [3.8, 4) is 5.75 Å². The number of pyridine rings is 1. The maximum absolute atomic E-state index is 12.0. The molecule has 0 unspecified atom stereocenters. The highest BCUT2D eigenvalue weighted by Crippen LogP contribution is 2.25. The van der Waals surface area contributed by atoms with E-state index < -0.39 is 5.91 Å². The second-order valence-electron chi connectivity index (χ2n) is 3.71. The SMILES string of the molecule is Nc1cnc(NC(=O)c2ccc(Br)cc2O)c(Br)c1. The zero-order chi connectivity index (χ0) is 14.0. The number of nitrogen functional groups attached to an aromatic ring is 1. The summed E-state index contributed by atoms with van der Waals surface area (Å²) in [4.78, 5) is 16.0. The molecule has 0 spiro atoms. The predicted octanol–water partition coefficient (Wildman–Crippen LogP) is 3.15. The molecule has 0 fully saturated rings. The molecule has 1 aromatic carbocycles. The first kappa shape index (κ1) is 13.8. The van der Waals surface area contributed by atoms with Gasteiger partial charge in [0.1, 0.15) is 11.6 Å². The Labute approximate surface area is 126 Å². The highest BCUT2D eigenvalue weighted by Gasteiger charge is 2.13. The zero-order valence-corrected chi connectivity index (χ0v) is 12.7. The Morgan fingerprint density at radius 3 is 2.68 bits per heavy atom. The number of halogens is 2. The van der Waals surface area contributed by atoms with Gasteiger partial charge in [-0.3, -0.25) is 4.79 Å². The van der Waals surface area contributed by atoms with Crippen LogP contribution in [-0.4, -0.2) is 16.0 Å². The Kier molecular flexibility index (Phi) is 4.06. The normalized spacial score (nSPS) is 10.2. The first-order valence-electron chi connectivity index (χ1n) is 5.18. The van der Waals surface area contributed by atoms with Gasteiger partial charge >= 0.3 is 0 Å².